The Morgan fingerprint density at radius 2 is 1.51 bits per heavy atom. The van der Waals surface area contributed by atoms with Gasteiger partial charge < -0.3 is 4.74 Å². The van der Waals surface area contributed by atoms with Gasteiger partial charge >= 0.3 is 0 Å². The van der Waals surface area contributed by atoms with Gasteiger partial charge in [0.2, 0.25) is 20.0 Å². The first kappa shape index (κ1) is 25.8. The highest BCUT2D eigenvalue weighted by molar-refractivity contribution is 7.89. The molecule has 1 unspecified atom stereocenters. The largest absolute Gasteiger partial charge is 0.377 e. The van der Waals surface area contributed by atoms with E-state index in [0.29, 0.717) is 17.2 Å². The molecule has 0 amide bonds. The molecule has 1 fully saturated rings. The third-order valence-corrected chi connectivity index (χ3v) is 9.42. The Bertz CT molecular complexity index is 1340. The van der Waals surface area contributed by atoms with Gasteiger partial charge in [-0.05, 0) is 54.3 Å². The molecule has 186 valence electrons. The average molecular weight is 535 g/mol. The summed E-state index contributed by atoms with van der Waals surface area (Å²) in [6, 6.07) is 21.6. The minimum Gasteiger partial charge on any atom is -0.377 e. The molecule has 1 saturated heterocycles. The summed E-state index contributed by atoms with van der Waals surface area (Å²) in [6.45, 7) is 1.02. The van der Waals surface area contributed by atoms with E-state index in [1.165, 1.54) is 28.6 Å². The molecule has 1 N–H and O–H groups in total. The van der Waals surface area contributed by atoms with Crippen LogP contribution in [0.2, 0.25) is 5.02 Å². The molecule has 0 aliphatic carbocycles. The molecule has 0 saturated carbocycles. The summed E-state index contributed by atoms with van der Waals surface area (Å²) in [4.78, 5) is -0.00581. The molecule has 35 heavy (non-hydrogen) atoms. The highest BCUT2D eigenvalue weighted by atomic mass is 35.5. The van der Waals surface area contributed by atoms with E-state index in [2.05, 4.69) is 4.72 Å². The Morgan fingerprint density at radius 3 is 2.17 bits per heavy atom. The fourth-order valence-corrected chi connectivity index (χ4v) is 6.53. The fraction of sp³-hybridized carbons (Fsp3) is 0.280. The van der Waals surface area contributed by atoms with Crippen LogP contribution in [-0.2, 0) is 37.9 Å². The van der Waals surface area contributed by atoms with Crippen LogP contribution in [-0.4, -0.2) is 40.4 Å². The minimum absolute atomic E-state index is 0.00133. The second kappa shape index (κ2) is 11.2. The average Bonchev–Trinajstić information content (AvgIpc) is 3.38. The van der Waals surface area contributed by atoms with Crippen molar-refractivity contribution in [3.05, 3.63) is 95.0 Å². The van der Waals surface area contributed by atoms with Crippen LogP contribution < -0.4 is 4.72 Å². The van der Waals surface area contributed by atoms with E-state index >= 15 is 0 Å². The van der Waals surface area contributed by atoms with E-state index in [-0.39, 0.29) is 35.5 Å². The molecule has 3 aromatic carbocycles. The number of benzene rings is 3. The first-order valence-electron chi connectivity index (χ1n) is 11.2. The summed E-state index contributed by atoms with van der Waals surface area (Å²) >= 11 is 6.31. The molecule has 1 atom stereocenters. The van der Waals surface area contributed by atoms with Crippen molar-refractivity contribution < 1.29 is 21.6 Å². The van der Waals surface area contributed by atoms with E-state index in [9.17, 15) is 16.8 Å². The van der Waals surface area contributed by atoms with Crippen molar-refractivity contribution in [2.24, 2.45) is 0 Å². The smallest absolute Gasteiger partial charge is 0.243 e. The molecule has 4 rings (SSSR count). The summed E-state index contributed by atoms with van der Waals surface area (Å²) in [7, 11) is -7.75. The van der Waals surface area contributed by atoms with Crippen molar-refractivity contribution in [3.63, 3.8) is 0 Å². The maximum Gasteiger partial charge on any atom is 0.243 e. The van der Waals surface area contributed by atoms with E-state index in [1.807, 2.05) is 30.3 Å². The second-order valence-electron chi connectivity index (χ2n) is 8.31. The Morgan fingerprint density at radius 1 is 0.857 bits per heavy atom. The third-order valence-electron chi connectivity index (χ3n) is 5.80. The van der Waals surface area contributed by atoms with Crippen LogP contribution in [0.3, 0.4) is 0 Å². The number of hydrogen-bond acceptors (Lipinski definition) is 5. The number of sulfonamides is 2. The predicted molar refractivity (Wildman–Crippen MR) is 135 cm³/mol. The molecule has 1 aliphatic rings. The Kier molecular flexibility index (Phi) is 8.26. The topological polar surface area (TPSA) is 92.8 Å². The van der Waals surface area contributed by atoms with E-state index in [0.717, 1.165) is 18.4 Å². The predicted octanol–water partition coefficient (Wildman–Crippen LogP) is 4.19. The Labute approximate surface area is 211 Å². The first-order valence-corrected chi connectivity index (χ1v) is 14.5. The zero-order valence-electron chi connectivity index (χ0n) is 19.0. The molecular formula is C25H27ClN2O5S2. The molecule has 0 radical (unpaired) electrons. The summed E-state index contributed by atoms with van der Waals surface area (Å²) in [6.07, 6.45) is 1.58. The van der Waals surface area contributed by atoms with Crippen molar-refractivity contribution in [1.29, 1.82) is 0 Å². The van der Waals surface area contributed by atoms with Crippen molar-refractivity contribution >= 4 is 31.6 Å². The molecule has 1 aliphatic heterocycles. The van der Waals surface area contributed by atoms with Gasteiger partial charge in [0.25, 0.3) is 0 Å². The van der Waals surface area contributed by atoms with Gasteiger partial charge in [0.05, 0.1) is 15.9 Å². The number of nitrogens with zero attached hydrogens (tertiary/aromatic N) is 1. The summed E-state index contributed by atoms with van der Waals surface area (Å²) in [5, 5.41) is 0.472. The number of halogens is 1. The lowest BCUT2D eigenvalue weighted by molar-refractivity contribution is 0.114. The standard InChI is InChI=1S/C25H27ClN2O5S2/c26-25-11-5-4-9-21(25)19-28(18-20-7-2-1-3-8-20)35(31,32)24-14-12-23(13-15-24)34(29,30)27-17-22-10-6-16-33-22/h1-5,7-9,11-15,22,27H,6,10,16-19H2. The molecule has 3 aromatic rings. The maximum atomic E-state index is 13.6. The van der Waals surface area contributed by atoms with Crippen LogP contribution in [0.4, 0.5) is 0 Å². The lowest BCUT2D eigenvalue weighted by atomic mass is 10.2. The van der Waals surface area contributed by atoms with Gasteiger partial charge in [0.1, 0.15) is 0 Å². The fourth-order valence-electron chi connectivity index (χ4n) is 3.86. The molecule has 10 heteroatoms. The van der Waals surface area contributed by atoms with Gasteiger partial charge in [0.15, 0.2) is 0 Å². The highest BCUT2D eigenvalue weighted by Gasteiger charge is 2.27. The molecule has 0 bridgehead atoms. The molecular weight excluding hydrogens is 508 g/mol. The van der Waals surface area contributed by atoms with E-state index < -0.39 is 20.0 Å². The van der Waals surface area contributed by atoms with Gasteiger partial charge in [-0.25, -0.2) is 21.6 Å². The number of ether oxygens (including phenoxy) is 1. The van der Waals surface area contributed by atoms with Crippen molar-refractivity contribution in [2.75, 3.05) is 13.2 Å². The van der Waals surface area contributed by atoms with Crippen LogP contribution in [0, 0.1) is 0 Å². The number of hydrogen-bond donors (Lipinski definition) is 1. The lowest BCUT2D eigenvalue weighted by Gasteiger charge is -2.23. The van der Waals surface area contributed by atoms with Gasteiger partial charge in [-0.15, -0.1) is 0 Å². The maximum absolute atomic E-state index is 13.6. The SMILES string of the molecule is O=S(=O)(NCC1CCCO1)c1ccc(S(=O)(=O)N(Cc2ccccc2)Cc2ccccc2Cl)cc1. The zero-order valence-corrected chi connectivity index (χ0v) is 21.4. The van der Waals surface area contributed by atoms with Crippen LogP contribution in [0.25, 0.3) is 0 Å². The number of rotatable bonds is 10. The molecule has 0 aromatic heterocycles. The Balaban J connectivity index is 1.57. The van der Waals surface area contributed by atoms with E-state index in [4.69, 9.17) is 16.3 Å². The third kappa shape index (κ3) is 6.49. The van der Waals surface area contributed by atoms with Crippen molar-refractivity contribution in [2.45, 2.75) is 41.8 Å². The first-order chi connectivity index (χ1) is 16.8. The van der Waals surface area contributed by atoms with Gasteiger partial charge in [-0.2, -0.15) is 4.31 Å². The van der Waals surface area contributed by atoms with Crippen LogP contribution in [0.15, 0.2) is 88.7 Å². The van der Waals surface area contributed by atoms with Gasteiger partial charge in [-0.3, -0.25) is 0 Å². The number of nitrogens with one attached hydrogen (secondary N) is 1. The van der Waals surface area contributed by atoms with Crippen LogP contribution >= 0.6 is 11.6 Å². The van der Waals surface area contributed by atoms with Gasteiger partial charge in [-0.1, -0.05) is 60.1 Å². The van der Waals surface area contributed by atoms with Crippen LogP contribution in [0.5, 0.6) is 0 Å². The normalized spacial score (nSPS) is 16.6. The highest BCUT2D eigenvalue weighted by Crippen LogP contribution is 2.25. The van der Waals surface area contributed by atoms with Crippen molar-refractivity contribution in [1.82, 2.24) is 9.03 Å². The van der Waals surface area contributed by atoms with Crippen molar-refractivity contribution in [3.8, 4) is 0 Å². The summed E-state index contributed by atoms with van der Waals surface area (Å²) < 4.78 is 61.9. The monoisotopic (exact) mass is 534 g/mol. The second-order valence-corrected chi connectivity index (χ2v) is 12.4. The van der Waals surface area contributed by atoms with Crippen LogP contribution in [0.1, 0.15) is 24.0 Å². The quantitative estimate of drug-likeness (QED) is 0.421. The minimum atomic E-state index is -3.96. The lowest BCUT2D eigenvalue weighted by Crippen LogP contribution is -2.32. The summed E-state index contributed by atoms with van der Waals surface area (Å²) in [5.74, 6) is 0. The Hall–Kier alpha value is -2.27. The summed E-state index contributed by atoms with van der Waals surface area (Å²) in [5.41, 5.74) is 1.49. The zero-order chi connectivity index (χ0) is 24.9. The molecule has 1 heterocycles. The van der Waals surface area contributed by atoms with Gasteiger partial charge in [0, 0.05) is 31.3 Å². The molecule has 0 spiro atoms. The van der Waals surface area contributed by atoms with E-state index in [1.54, 1.807) is 24.3 Å². The molecule has 7 nitrogen and oxygen atoms in total.